The van der Waals surface area contributed by atoms with E-state index in [1.807, 2.05) is 19.1 Å². The predicted molar refractivity (Wildman–Crippen MR) is 106 cm³/mol. The zero-order valence-corrected chi connectivity index (χ0v) is 16.3. The van der Waals surface area contributed by atoms with Gasteiger partial charge in [-0.3, -0.25) is 13.9 Å². The molecule has 2 rings (SSSR count). The van der Waals surface area contributed by atoms with Gasteiger partial charge in [0, 0.05) is 24.7 Å². The van der Waals surface area contributed by atoms with Crippen LogP contribution in [0.4, 0.5) is 11.4 Å². The fourth-order valence-corrected chi connectivity index (χ4v) is 3.52. The lowest BCUT2D eigenvalue weighted by atomic mass is 10.1. The molecule has 0 saturated carbocycles. The maximum atomic E-state index is 12.3. The number of sulfonamides is 1. The van der Waals surface area contributed by atoms with Gasteiger partial charge in [0.25, 0.3) is 5.91 Å². The first-order chi connectivity index (χ1) is 12.7. The van der Waals surface area contributed by atoms with E-state index in [0.29, 0.717) is 16.9 Å². The number of aryl methyl sites for hydroxylation is 1. The van der Waals surface area contributed by atoms with Crippen LogP contribution in [0.1, 0.15) is 22.8 Å². The normalized spacial score (nSPS) is 10.9. The van der Waals surface area contributed by atoms with Crippen molar-refractivity contribution in [3.05, 3.63) is 59.7 Å². The highest BCUT2D eigenvalue weighted by atomic mass is 32.2. The number of nitrogens with zero attached hydrogens (tertiary/aromatic N) is 1. The van der Waals surface area contributed by atoms with E-state index >= 15 is 0 Å². The van der Waals surface area contributed by atoms with Crippen LogP contribution < -0.4 is 14.9 Å². The summed E-state index contributed by atoms with van der Waals surface area (Å²) in [6.45, 7) is 3.49. The Morgan fingerprint density at radius 1 is 1.04 bits per heavy atom. The molecule has 7 nitrogen and oxygen atoms in total. The Morgan fingerprint density at radius 2 is 1.67 bits per heavy atom. The fourth-order valence-electron chi connectivity index (χ4n) is 2.59. The quantitative estimate of drug-likeness (QED) is 0.758. The van der Waals surface area contributed by atoms with Crippen molar-refractivity contribution < 1.29 is 18.0 Å². The van der Waals surface area contributed by atoms with Crippen molar-refractivity contribution in [3.63, 3.8) is 0 Å². The lowest BCUT2D eigenvalue weighted by molar-refractivity contribution is -0.114. The first-order valence-electron chi connectivity index (χ1n) is 8.37. The molecule has 8 heteroatoms. The summed E-state index contributed by atoms with van der Waals surface area (Å²) in [4.78, 5) is 23.3. The second-order valence-corrected chi connectivity index (χ2v) is 8.04. The number of hydrogen-bond donors (Lipinski definition) is 2. The van der Waals surface area contributed by atoms with Crippen molar-refractivity contribution in [2.75, 3.05) is 29.0 Å². The van der Waals surface area contributed by atoms with E-state index in [9.17, 15) is 18.0 Å². The van der Waals surface area contributed by atoms with Gasteiger partial charge < -0.3 is 10.6 Å². The summed E-state index contributed by atoms with van der Waals surface area (Å²) in [5.74, 6) is -0.454. The summed E-state index contributed by atoms with van der Waals surface area (Å²) in [7, 11) is -3.53. The van der Waals surface area contributed by atoms with Crippen LogP contribution in [0.3, 0.4) is 0 Å². The monoisotopic (exact) mass is 389 g/mol. The van der Waals surface area contributed by atoms with Gasteiger partial charge in [-0.05, 0) is 42.8 Å². The van der Waals surface area contributed by atoms with Gasteiger partial charge in [0.05, 0.1) is 18.5 Å². The van der Waals surface area contributed by atoms with Crippen molar-refractivity contribution in [3.8, 4) is 0 Å². The van der Waals surface area contributed by atoms with Crippen LogP contribution in [0.2, 0.25) is 0 Å². The lowest BCUT2D eigenvalue weighted by Crippen LogP contribution is -2.38. The molecule has 0 bridgehead atoms. The molecule has 2 aromatic carbocycles. The van der Waals surface area contributed by atoms with Gasteiger partial charge in [-0.1, -0.05) is 18.2 Å². The molecule has 0 radical (unpaired) electrons. The van der Waals surface area contributed by atoms with Crippen LogP contribution in [0.5, 0.6) is 0 Å². The molecular weight excluding hydrogens is 366 g/mol. The zero-order chi connectivity index (χ0) is 20.0. The summed E-state index contributed by atoms with van der Waals surface area (Å²) >= 11 is 0. The Labute approximate surface area is 159 Å². The summed E-state index contributed by atoms with van der Waals surface area (Å²) < 4.78 is 25.5. The number of benzene rings is 2. The maximum Gasteiger partial charge on any atom is 0.251 e. The van der Waals surface area contributed by atoms with Crippen LogP contribution in [0.15, 0.2) is 48.5 Å². The summed E-state index contributed by atoms with van der Waals surface area (Å²) in [6, 6.07) is 13.7. The van der Waals surface area contributed by atoms with Gasteiger partial charge in [-0.15, -0.1) is 0 Å². The third-order valence-corrected chi connectivity index (χ3v) is 5.06. The van der Waals surface area contributed by atoms with E-state index in [-0.39, 0.29) is 24.9 Å². The molecular formula is C19H23N3O4S. The predicted octanol–water partition coefficient (Wildman–Crippen LogP) is 2.15. The SMILES string of the molecule is CC(=O)Nc1ccc(N(CCNC(=O)c2ccccc2C)S(C)(=O)=O)cc1. The summed E-state index contributed by atoms with van der Waals surface area (Å²) in [6.07, 6.45) is 1.11. The van der Waals surface area contributed by atoms with E-state index in [1.54, 1.807) is 36.4 Å². The average Bonchev–Trinajstić information content (AvgIpc) is 2.58. The molecule has 0 heterocycles. The van der Waals surface area contributed by atoms with Crippen molar-refractivity contribution in [1.29, 1.82) is 0 Å². The Hall–Kier alpha value is -2.87. The van der Waals surface area contributed by atoms with E-state index < -0.39 is 10.0 Å². The number of anilines is 2. The summed E-state index contributed by atoms with van der Waals surface area (Å²) in [5.41, 5.74) is 2.44. The Balaban J connectivity index is 2.06. The number of rotatable bonds is 7. The second-order valence-electron chi connectivity index (χ2n) is 6.13. The zero-order valence-electron chi connectivity index (χ0n) is 15.5. The summed E-state index contributed by atoms with van der Waals surface area (Å²) in [5, 5.41) is 5.37. The molecule has 0 saturated heterocycles. The highest BCUT2D eigenvalue weighted by molar-refractivity contribution is 7.92. The lowest BCUT2D eigenvalue weighted by Gasteiger charge is -2.23. The molecule has 0 unspecified atom stereocenters. The van der Waals surface area contributed by atoms with Crippen LogP contribution >= 0.6 is 0 Å². The van der Waals surface area contributed by atoms with Crippen LogP contribution in [0.25, 0.3) is 0 Å². The van der Waals surface area contributed by atoms with Crippen molar-refractivity contribution in [2.24, 2.45) is 0 Å². The molecule has 0 atom stereocenters. The molecule has 27 heavy (non-hydrogen) atoms. The number of hydrogen-bond acceptors (Lipinski definition) is 4. The molecule has 2 aromatic rings. The van der Waals surface area contributed by atoms with Gasteiger partial charge in [-0.2, -0.15) is 0 Å². The van der Waals surface area contributed by atoms with E-state index in [0.717, 1.165) is 11.8 Å². The standard InChI is InChI=1S/C19H23N3O4S/c1-14-6-4-5-7-18(14)19(24)20-12-13-22(27(3,25)26)17-10-8-16(9-11-17)21-15(2)23/h4-11H,12-13H2,1-3H3,(H,20,24)(H,21,23). The Morgan fingerprint density at radius 3 is 2.22 bits per heavy atom. The van der Waals surface area contributed by atoms with Gasteiger partial charge in [0.1, 0.15) is 0 Å². The molecule has 0 spiro atoms. The first kappa shape index (κ1) is 20.4. The van der Waals surface area contributed by atoms with Gasteiger partial charge >= 0.3 is 0 Å². The highest BCUT2D eigenvalue weighted by Crippen LogP contribution is 2.20. The molecule has 144 valence electrons. The van der Waals surface area contributed by atoms with Crippen molar-refractivity contribution in [1.82, 2.24) is 5.32 Å². The van der Waals surface area contributed by atoms with Crippen LogP contribution in [0, 0.1) is 6.92 Å². The maximum absolute atomic E-state index is 12.3. The van der Waals surface area contributed by atoms with E-state index in [4.69, 9.17) is 0 Å². The van der Waals surface area contributed by atoms with Crippen molar-refractivity contribution in [2.45, 2.75) is 13.8 Å². The topological polar surface area (TPSA) is 95.6 Å². The molecule has 2 amide bonds. The second kappa shape index (κ2) is 8.68. The van der Waals surface area contributed by atoms with Gasteiger partial charge in [0.2, 0.25) is 15.9 Å². The van der Waals surface area contributed by atoms with Crippen molar-refractivity contribution >= 4 is 33.2 Å². The van der Waals surface area contributed by atoms with E-state index in [2.05, 4.69) is 10.6 Å². The van der Waals surface area contributed by atoms with Gasteiger partial charge in [0.15, 0.2) is 0 Å². The minimum absolute atomic E-state index is 0.0932. The molecule has 0 aliphatic rings. The minimum atomic E-state index is -3.53. The number of carbonyl (C=O) groups excluding carboxylic acids is 2. The Bertz CT molecular complexity index is 924. The average molecular weight is 389 g/mol. The fraction of sp³-hybridized carbons (Fsp3) is 0.263. The smallest absolute Gasteiger partial charge is 0.251 e. The number of carbonyl (C=O) groups is 2. The molecule has 0 aliphatic carbocycles. The van der Waals surface area contributed by atoms with Crippen LogP contribution in [-0.2, 0) is 14.8 Å². The molecule has 0 fully saturated rings. The highest BCUT2D eigenvalue weighted by Gasteiger charge is 2.18. The van der Waals surface area contributed by atoms with E-state index in [1.165, 1.54) is 11.2 Å². The third kappa shape index (κ3) is 5.82. The van der Waals surface area contributed by atoms with Crippen LogP contribution in [-0.4, -0.2) is 39.6 Å². The third-order valence-electron chi connectivity index (χ3n) is 3.87. The minimum Gasteiger partial charge on any atom is -0.350 e. The van der Waals surface area contributed by atoms with Gasteiger partial charge in [-0.25, -0.2) is 8.42 Å². The Kier molecular flexibility index (Phi) is 6.57. The first-order valence-corrected chi connectivity index (χ1v) is 10.2. The molecule has 0 aliphatic heterocycles. The number of amides is 2. The molecule has 2 N–H and O–H groups in total. The molecule has 0 aromatic heterocycles. The largest absolute Gasteiger partial charge is 0.350 e. The number of nitrogens with one attached hydrogen (secondary N) is 2.